The fourth-order valence-electron chi connectivity index (χ4n) is 2.35. The van der Waals surface area contributed by atoms with Gasteiger partial charge in [-0.15, -0.1) is 0 Å². The molecule has 0 aliphatic carbocycles. The Labute approximate surface area is 164 Å². The number of thiol groups is 1. The molecule has 3 aromatic rings. The van der Waals surface area contributed by atoms with Gasteiger partial charge in [0.1, 0.15) is 17.1 Å². The lowest BCUT2D eigenvalue weighted by Crippen LogP contribution is -2.34. The van der Waals surface area contributed by atoms with E-state index in [4.69, 9.17) is 0 Å². The predicted octanol–water partition coefficient (Wildman–Crippen LogP) is 2.55. The standard InChI is InChI=1S/C17H16N6O4S/c1-2-18-17(27)23(28)14-6-5-12-15(22-14)21-13(8-19-12)20-11-4-3-9(24)7-10(11)16(25)26/h3-8,24,28H,2H2,1H3,(H,18,27)(H,25,26)(H,20,21,22). The number of carboxylic acids is 1. The molecule has 1 aromatic carbocycles. The van der Waals surface area contributed by atoms with Crippen molar-refractivity contribution in [3.8, 4) is 5.75 Å². The molecule has 0 bridgehead atoms. The van der Waals surface area contributed by atoms with Gasteiger partial charge >= 0.3 is 12.0 Å². The Balaban J connectivity index is 1.94. The van der Waals surface area contributed by atoms with Crippen molar-refractivity contribution >= 4 is 53.3 Å². The molecule has 0 radical (unpaired) electrons. The number of phenols is 1. The molecular formula is C17H16N6O4S. The van der Waals surface area contributed by atoms with Gasteiger partial charge in [-0.3, -0.25) is 0 Å². The van der Waals surface area contributed by atoms with Crippen LogP contribution in [0.15, 0.2) is 36.5 Å². The maximum absolute atomic E-state index is 11.9. The average Bonchev–Trinajstić information content (AvgIpc) is 2.68. The number of hydrogen-bond acceptors (Lipinski definition) is 8. The van der Waals surface area contributed by atoms with Gasteiger partial charge in [-0.2, -0.15) is 0 Å². The first kappa shape index (κ1) is 19.2. The highest BCUT2D eigenvalue weighted by molar-refractivity contribution is 7.82. The van der Waals surface area contributed by atoms with E-state index in [1.165, 1.54) is 18.3 Å². The number of aromatic nitrogens is 3. The highest BCUT2D eigenvalue weighted by Crippen LogP contribution is 2.25. The fourth-order valence-corrected chi connectivity index (χ4v) is 2.53. The van der Waals surface area contributed by atoms with Crippen LogP contribution in [0.3, 0.4) is 0 Å². The predicted molar refractivity (Wildman–Crippen MR) is 106 cm³/mol. The molecule has 2 heterocycles. The van der Waals surface area contributed by atoms with E-state index in [2.05, 4.69) is 38.4 Å². The van der Waals surface area contributed by atoms with E-state index in [0.29, 0.717) is 12.1 Å². The summed E-state index contributed by atoms with van der Waals surface area (Å²) in [4.78, 5) is 36.1. The summed E-state index contributed by atoms with van der Waals surface area (Å²) >= 11 is 4.13. The number of rotatable bonds is 5. The number of carboxylic acid groups (broad SMARTS) is 1. The molecule has 0 fully saturated rings. The Hall–Kier alpha value is -3.60. The third kappa shape index (κ3) is 4.04. The van der Waals surface area contributed by atoms with E-state index in [1.54, 1.807) is 19.1 Å². The molecule has 28 heavy (non-hydrogen) atoms. The van der Waals surface area contributed by atoms with Crippen LogP contribution in [0, 0.1) is 0 Å². The topological polar surface area (TPSA) is 141 Å². The highest BCUT2D eigenvalue weighted by Gasteiger charge is 2.15. The number of nitrogens with one attached hydrogen (secondary N) is 2. The number of phenolic OH excluding ortho intramolecular Hbond substituents is 1. The van der Waals surface area contributed by atoms with Crippen molar-refractivity contribution in [1.29, 1.82) is 0 Å². The summed E-state index contributed by atoms with van der Waals surface area (Å²) in [5, 5.41) is 24.2. The third-order valence-electron chi connectivity index (χ3n) is 3.63. The lowest BCUT2D eigenvalue weighted by Gasteiger charge is -2.15. The number of urea groups is 1. The summed E-state index contributed by atoms with van der Waals surface area (Å²) in [6.45, 7) is 2.22. The molecule has 10 nitrogen and oxygen atoms in total. The lowest BCUT2D eigenvalue weighted by molar-refractivity contribution is 0.0697. The van der Waals surface area contributed by atoms with E-state index in [0.717, 1.165) is 10.4 Å². The summed E-state index contributed by atoms with van der Waals surface area (Å²) in [6, 6.07) is 6.68. The summed E-state index contributed by atoms with van der Waals surface area (Å²) in [5.41, 5.74) is 0.826. The zero-order valence-electron chi connectivity index (χ0n) is 14.6. The van der Waals surface area contributed by atoms with Crippen LogP contribution in [-0.4, -0.2) is 43.7 Å². The number of carbonyl (C=O) groups excluding carboxylic acids is 1. The number of fused-ring (bicyclic) bond motifs is 1. The Bertz CT molecular complexity index is 1060. The third-order valence-corrected chi connectivity index (χ3v) is 4.01. The van der Waals surface area contributed by atoms with E-state index >= 15 is 0 Å². The van der Waals surface area contributed by atoms with Crippen LogP contribution in [0.2, 0.25) is 0 Å². The smallest absolute Gasteiger partial charge is 0.337 e. The van der Waals surface area contributed by atoms with Crippen LogP contribution in [-0.2, 0) is 0 Å². The molecule has 0 aliphatic heterocycles. The maximum Gasteiger partial charge on any atom is 0.337 e. The number of nitrogens with zero attached hydrogens (tertiary/aromatic N) is 4. The second-order valence-corrected chi connectivity index (χ2v) is 5.97. The molecule has 0 saturated heterocycles. The van der Waals surface area contributed by atoms with Crippen molar-refractivity contribution in [3.63, 3.8) is 0 Å². The Morgan fingerprint density at radius 1 is 1.21 bits per heavy atom. The van der Waals surface area contributed by atoms with Crippen LogP contribution in [0.1, 0.15) is 17.3 Å². The van der Waals surface area contributed by atoms with Gasteiger partial charge < -0.3 is 20.8 Å². The van der Waals surface area contributed by atoms with E-state index in [1.807, 2.05) is 0 Å². The summed E-state index contributed by atoms with van der Waals surface area (Å²) in [6.07, 6.45) is 1.42. The molecule has 0 atom stereocenters. The first-order chi connectivity index (χ1) is 13.4. The molecule has 0 saturated carbocycles. The molecule has 4 N–H and O–H groups in total. The van der Waals surface area contributed by atoms with Crippen LogP contribution in [0.4, 0.5) is 22.1 Å². The lowest BCUT2D eigenvalue weighted by atomic mass is 10.1. The highest BCUT2D eigenvalue weighted by atomic mass is 32.1. The van der Waals surface area contributed by atoms with Crippen molar-refractivity contribution in [2.24, 2.45) is 0 Å². The Kier molecular flexibility index (Phi) is 5.45. The molecule has 0 unspecified atom stereocenters. The number of amides is 2. The number of anilines is 3. The number of hydrogen-bond donors (Lipinski definition) is 5. The molecule has 2 aromatic heterocycles. The van der Waals surface area contributed by atoms with Crippen molar-refractivity contribution in [2.75, 3.05) is 16.2 Å². The Morgan fingerprint density at radius 3 is 2.71 bits per heavy atom. The molecule has 11 heteroatoms. The molecular weight excluding hydrogens is 384 g/mol. The SMILES string of the molecule is CCNC(=O)N(S)c1ccc2ncc(Nc3ccc(O)cc3C(=O)O)nc2n1. The normalized spacial score (nSPS) is 10.5. The van der Waals surface area contributed by atoms with Gasteiger partial charge in [-0.1, -0.05) is 12.8 Å². The Morgan fingerprint density at radius 2 is 2.00 bits per heavy atom. The zero-order valence-corrected chi connectivity index (χ0v) is 15.5. The van der Waals surface area contributed by atoms with Gasteiger partial charge in [-0.25, -0.2) is 28.8 Å². The first-order valence-corrected chi connectivity index (χ1v) is 8.53. The summed E-state index contributed by atoms with van der Waals surface area (Å²) in [7, 11) is 0. The van der Waals surface area contributed by atoms with Crippen LogP contribution in [0.5, 0.6) is 5.75 Å². The van der Waals surface area contributed by atoms with E-state index < -0.39 is 12.0 Å². The van der Waals surface area contributed by atoms with Crippen molar-refractivity contribution in [1.82, 2.24) is 20.3 Å². The largest absolute Gasteiger partial charge is 0.508 e. The fraction of sp³-hybridized carbons (Fsp3) is 0.118. The van der Waals surface area contributed by atoms with Crippen LogP contribution < -0.4 is 14.9 Å². The second kappa shape index (κ2) is 7.96. The molecule has 0 spiro atoms. The minimum atomic E-state index is -1.21. The van der Waals surface area contributed by atoms with Crippen molar-refractivity contribution in [3.05, 3.63) is 42.1 Å². The summed E-state index contributed by atoms with van der Waals surface area (Å²) in [5.74, 6) is -0.878. The quantitative estimate of drug-likeness (QED) is 0.325. The monoisotopic (exact) mass is 400 g/mol. The number of aromatic carboxylic acids is 1. The number of aromatic hydroxyl groups is 1. The average molecular weight is 400 g/mol. The molecule has 3 rings (SSSR count). The minimum Gasteiger partial charge on any atom is -0.508 e. The van der Waals surface area contributed by atoms with Crippen LogP contribution in [0.25, 0.3) is 11.2 Å². The molecule has 2 amide bonds. The van der Waals surface area contributed by atoms with Crippen LogP contribution >= 0.6 is 12.8 Å². The molecule has 144 valence electrons. The van der Waals surface area contributed by atoms with Gasteiger partial charge in [0.25, 0.3) is 0 Å². The second-order valence-electron chi connectivity index (χ2n) is 5.57. The van der Waals surface area contributed by atoms with Gasteiger partial charge in [0, 0.05) is 6.54 Å². The first-order valence-electron chi connectivity index (χ1n) is 8.13. The maximum atomic E-state index is 11.9. The van der Waals surface area contributed by atoms with E-state index in [-0.39, 0.29) is 34.3 Å². The van der Waals surface area contributed by atoms with Gasteiger partial charge in [0.2, 0.25) is 0 Å². The van der Waals surface area contributed by atoms with Gasteiger partial charge in [0.15, 0.2) is 11.5 Å². The van der Waals surface area contributed by atoms with Gasteiger partial charge in [-0.05, 0) is 37.3 Å². The van der Waals surface area contributed by atoms with Gasteiger partial charge in [0.05, 0.1) is 17.4 Å². The number of carbonyl (C=O) groups is 2. The zero-order chi connectivity index (χ0) is 20.3. The van der Waals surface area contributed by atoms with E-state index in [9.17, 15) is 19.8 Å². The van der Waals surface area contributed by atoms with Crippen molar-refractivity contribution < 1.29 is 19.8 Å². The number of benzene rings is 1. The minimum absolute atomic E-state index is 0.124. The molecule has 0 aliphatic rings. The number of pyridine rings is 1. The summed E-state index contributed by atoms with van der Waals surface area (Å²) < 4.78 is 1.05. The van der Waals surface area contributed by atoms with Crippen molar-refractivity contribution in [2.45, 2.75) is 6.92 Å².